The van der Waals surface area contributed by atoms with E-state index in [9.17, 15) is 4.79 Å². The Hall–Kier alpha value is -2.33. The number of carbonyl (C=O) groups excluding carboxylic acids is 1. The van der Waals surface area contributed by atoms with Crippen molar-refractivity contribution >= 4 is 34.2 Å². The lowest BCUT2D eigenvalue weighted by atomic mass is 10.1. The monoisotopic (exact) mass is 339 g/mol. The molecule has 4 nitrogen and oxygen atoms in total. The van der Waals surface area contributed by atoms with Crippen LogP contribution in [0.2, 0.25) is 5.02 Å². The van der Waals surface area contributed by atoms with Crippen LogP contribution in [0.15, 0.2) is 42.5 Å². The molecule has 0 unspecified atom stereocenters. The minimum absolute atomic E-state index is 0.0926. The summed E-state index contributed by atoms with van der Waals surface area (Å²) in [6, 6.07) is 13.8. The number of anilines is 1. The molecule has 1 aromatic heterocycles. The van der Waals surface area contributed by atoms with Gasteiger partial charge in [-0.25, -0.2) is 4.98 Å². The second-order valence-electron chi connectivity index (χ2n) is 6.36. The largest absolute Gasteiger partial charge is 0.331 e. The SMILES string of the molecule is Cc1ccc(N2C[C@@H](c3nc4ccccc4n3C)CC2=O)cc1Cl. The highest BCUT2D eigenvalue weighted by Gasteiger charge is 2.34. The molecule has 2 aromatic carbocycles. The van der Waals surface area contributed by atoms with Crippen LogP contribution in [-0.4, -0.2) is 22.0 Å². The van der Waals surface area contributed by atoms with Gasteiger partial charge in [0.15, 0.2) is 0 Å². The Morgan fingerprint density at radius 3 is 2.75 bits per heavy atom. The number of fused-ring (bicyclic) bond motifs is 1. The number of carbonyl (C=O) groups is 1. The van der Waals surface area contributed by atoms with Gasteiger partial charge in [0.25, 0.3) is 0 Å². The molecule has 0 radical (unpaired) electrons. The second kappa shape index (κ2) is 5.64. The number of nitrogens with zero attached hydrogens (tertiary/aromatic N) is 3. The number of amides is 1. The lowest BCUT2D eigenvalue weighted by Crippen LogP contribution is -2.24. The molecule has 1 amide bonds. The maximum absolute atomic E-state index is 12.5. The summed E-state index contributed by atoms with van der Waals surface area (Å²) >= 11 is 6.22. The van der Waals surface area contributed by atoms with Gasteiger partial charge in [0.1, 0.15) is 5.82 Å². The Morgan fingerprint density at radius 2 is 2.00 bits per heavy atom. The number of aryl methyl sites for hydroxylation is 2. The van der Waals surface area contributed by atoms with Crippen molar-refractivity contribution in [3.63, 3.8) is 0 Å². The van der Waals surface area contributed by atoms with E-state index in [1.807, 2.05) is 55.3 Å². The van der Waals surface area contributed by atoms with E-state index in [0.717, 1.165) is 28.1 Å². The van der Waals surface area contributed by atoms with Gasteiger partial charge in [0, 0.05) is 36.6 Å². The van der Waals surface area contributed by atoms with E-state index in [4.69, 9.17) is 16.6 Å². The predicted octanol–water partition coefficient (Wildman–Crippen LogP) is 4.06. The van der Waals surface area contributed by atoms with Crippen LogP contribution in [0.1, 0.15) is 23.7 Å². The van der Waals surface area contributed by atoms with Crippen LogP contribution in [0.4, 0.5) is 5.69 Å². The molecule has 3 aromatic rings. The zero-order valence-corrected chi connectivity index (χ0v) is 14.4. The molecule has 0 bridgehead atoms. The number of halogens is 1. The van der Waals surface area contributed by atoms with Crippen molar-refractivity contribution in [2.75, 3.05) is 11.4 Å². The van der Waals surface area contributed by atoms with Crippen molar-refractivity contribution in [1.29, 1.82) is 0 Å². The van der Waals surface area contributed by atoms with Crippen LogP contribution in [0.5, 0.6) is 0 Å². The minimum Gasteiger partial charge on any atom is -0.331 e. The summed E-state index contributed by atoms with van der Waals surface area (Å²) in [6.45, 7) is 2.59. The van der Waals surface area contributed by atoms with E-state index in [2.05, 4.69) is 10.6 Å². The number of aromatic nitrogens is 2. The molecular formula is C19H18ClN3O. The first-order valence-corrected chi connectivity index (χ1v) is 8.40. The highest BCUT2D eigenvalue weighted by molar-refractivity contribution is 6.31. The quantitative estimate of drug-likeness (QED) is 0.706. The number of hydrogen-bond acceptors (Lipinski definition) is 2. The van der Waals surface area contributed by atoms with Crippen LogP contribution in [-0.2, 0) is 11.8 Å². The number of hydrogen-bond donors (Lipinski definition) is 0. The van der Waals surface area contributed by atoms with Crippen LogP contribution in [0, 0.1) is 6.92 Å². The van der Waals surface area contributed by atoms with E-state index in [0.29, 0.717) is 18.0 Å². The van der Waals surface area contributed by atoms with Gasteiger partial charge < -0.3 is 9.47 Å². The predicted molar refractivity (Wildman–Crippen MR) is 96.6 cm³/mol. The van der Waals surface area contributed by atoms with E-state index in [-0.39, 0.29) is 11.8 Å². The lowest BCUT2D eigenvalue weighted by molar-refractivity contribution is -0.117. The van der Waals surface area contributed by atoms with E-state index >= 15 is 0 Å². The van der Waals surface area contributed by atoms with Gasteiger partial charge in [-0.1, -0.05) is 29.8 Å². The van der Waals surface area contributed by atoms with Crippen molar-refractivity contribution in [2.45, 2.75) is 19.3 Å². The first-order valence-electron chi connectivity index (χ1n) is 8.02. The average Bonchev–Trinajstić information content (AvgIpc) is 3.11. The van der Waals surface area contributed by atoms with Gasteiger partial charge >= 0.3 is 0 Å². The van der Waals surface area contributed by atoms with Gasteiger partial charge in [-0.2, -0.15) is 0 Å². The normalized spacial score (nSPS) is 17.9. The highest BCUT2D eigenvalue weighted by Crippen LogP contribution is 2.34. The van der Waals surface area contributed by atoms with Crippen LogP contribution in [0.3, 0.4) is 0 Å². The number of rotatable bonds is 2. The molecule has 24 heavy (non-hydrogen) atoms. The van der Waals surface area contributed by atoms with Crippen molar-refractivity contribution in [2.24, 2.45) is 7.05 Å². The summed E-state index contributed by atoms with van der Waals surface area (Å²) in [4.78, 5) is 19.1. The van der Waals surface area contributed by atoms with Crippen molar-refractivity contribution < 1.29 is 4.79 Å². The third-order valence-corrected chi connectivity index (χ3v) is 5.19. The van der Waals surface area contributed by atoms with Gasteiger partial charge in [-0.3, -0.25) is 4.79 Å². The van der Waals surface area contributed by atoms with Gasteiger partial charge in [0.05, 0.1) is 11.0 Å². The number of para-hydroxylation sites is 2. The maximum Gasteiger partial charge on any atom is 0.227 e. The summed E-state index contributed by atoms with van der Waals surface area (Å²) in [5, 5.41) is 0.687. The first kappa shape index (κ1) is 15.2. The van der Waals surface area contributed by atoms with Crippen molar-refractivity contribution in [3.8, 4) is 0 Å². The molecule has 5 heteroatoms. The highest BCUT2D eigenvalue weighted by atomic mass is 35.5. The minimum atomic E-state index is 0.0926. The molecule has 0 spiro atoms. The Labute approximate surface area is 145 Å². The Balaban J connectivity index is 1.68. The first-order chi connectivity index (χ1) is 11.5. The summed E-state index contributed by atoms with van der Waals surface area (Å²) in [7, 11) is 2.01. The zero-order chi connectivity index (χ0) is 16.8. The molecule has 1 aliphatic heterocycles. The molecule has 0 aliphatic carbocycles. The molecule has 1 fully saturated rings. The molecule has 122 valence electrons. The van der Waals surface area contributed by atoms with Gasteiger partial charge in [-0.15, -0.1) is 0 Å². The molecule has 0 saturated carbocycles. The van der Waals surface area contributed by atoms with E-state index in [1.54, 1.807) is 0 Å². The summed E-state index contributed by atoms with van der Waals surface area (Å²) < 4.78 is 2.10. The average molecular weight is 340 g/mol. The molecular weight excluding hydrogens is 322 g/mol. The molecule has 1 atom stereocenters. The van der Waals surface area contributed by atoms with E-state index < -0.39 is 0 Å². The molecule has 0 N–H and O–H groups in total. The van der Waals surface area contributed by atoms with Crippen LogP contribution in [0.25, 0.3) is 11.0 Å². The molecule has 1 saturated heterocycles. The molecule has 4 rings (SSSR count). The lowest BCUT2D eigenvalue weighted by Gasteiger charge is -2.17. The van der Waals surface area contributed by atoms with Crippen LogP contribution < -0.4 is 4.90 Å². The fourth-order valence-electron chi connectivity index (χ4n) is 3.41. The topological polar surface area (TPSA) is 38.1 Å². The fourth-order valence-corrected chi connectivity index (χ4v) is 3.58. The van der Waals surface area contributed by atoms with Crippen molar-refractivity contribution in [3.05, 3.63) is 58.9 Å². The van der Waals surface area contributed by atoms with Gasteiger partial charge in [0.2, 0.25) is 5.91 Å². The second-order valence-corrected chi connectivity index (χ2v) is 6.76. The summed E-state index contributed by atoms with van der Waals surface area (Å²) in [5.41, 5.74) is 3.94. The Kier molecular flexibility index (Phi) is 3.57. The fraction of sp³-hybridized carbons (Fsp3) is 0.263. The third-order valence-electron chi connectivity index (χ3n) is 4.78. The summed E-state index contributed by atoms with van der Waals surface area (Å²) in [5.74, 6) is 1.17. The maximum atomic E-state index is 12.5. The Bertz CT molecular complexity index is 947. The number of imidazole rings is 1. The van der Waals surface area contributed by atoms with Gasteiger partial charge in [-0.05, 0) is 36.8 Å². The smallest absolute Gasteiger partial charge is 0.227 e. The Morgan fingerprint density at radius 1 is 1.21 bits per heavy atom. The zero-order valence-electron chi connectivity index (χ0n) is 13.7. The van der Waals surface area contributed by atoms with Crippen molar-refractivity contribution in [1.82, 2.24) is 9.55 Å². The molecule has 1 aliphatic rings. The number of benzene rings is 2. The molecule has 2 heterocycles. The van der Waals surface area contributed by atoms with E-state index in [1.165, 1.54) is 0 Å². The standard InChI is InChI=1S/C19H18ClN3O/c1-12-7-8-14(10-15(12)20)23-11-13(9-18(23)24)19-21-16-5-3-4-6-17(16)22(19)2/h3-8,10,13H,9,11H2,1-2H3/t13-/m0/s1. The third kappa shape index (κ3) is 2.38. The summed E-state index contributed by atoms with van der Waals surface area (Å²) in [6.07, 6.45) is 0.475. The van der Waals surface area contributed by atoms with Crippen LogP contribution >= 0.6 is 11.6 Å².